The molecule has 1 amide bonds. The van der Waals surface area contributed by atoms with Gasteiger partial charge in [0.1, 0.15) is 5.82 Å². The highest BCUT2D eigenvalue weighted by atomic mass is 16.1. The van der Waals surface area contributed by atoms with Crippen molar-refractivity contribution in [1.82, 2.24) is 4.98 Å². The van der Waals surface area contributed by atoms with E-state index in [9.17, 15) is 4.79 Å². The lowest BCUT2D eigenvalue weighted by Crippen LogP contribution is -2.21. The van der Waals surface area contributed by atoms with Crippen LogP contribution < -0.4 is 10.6 Å². The summed E-state index contributed by atoms with van der Waals surface area (Å²) in [5.74, 6) is 0.990. The van der Waals surface area contributed by atoms with E-state index in [-0.39, 0.29) is 11.8 Å². The van der Waals surface area contributed by atoms with Crippen molar-refractivity contribution in [3.05, 3.63) is 18.3 Å². The summed E-state index contributed by atoms with van der Waals surface area (Å²) in [6.07, 6.45) is 3.41. The number of hydrogen-bond donors (Lipinski definition) is 2. The average Bonchev–Trinajstić information content (AvgIpc) is 2.33. The van der Waals surface area contributed by atoms with Crippen molar-refractivity contribution in [3.8, 4) is 0 Å². The van der Waals surface area contributed by atoms with Crippen LogP contribution in [0.3, 0.4) is 0 Å². The highest BCUT2D eigenvalue weighted by Gasteiger charge is 2.13. The Balaban J connectivity index is 2.59. The molecule has 2 N–H and O–H groups in total. The standard InChI is InChI=1S/C13H21N3O/c1-4-10(5-2)13(17)16-11-7-8-12(14-6-3)15-9-11/h7-10H,4-6H2,1-3H3,(H,14,15)(H,16,17). The predicted octanol–water partition coefficient (Wildman–Crippen LogP) is 2.89. The lowest BCUT2D eigenvalue weighted by atomic mass is 10.0. The minimum atomic E-state index is 0.0769. The zero-order valence-corrected chi connectivity index (χ0v) is 10.8. The SMILES string of the molecule is CCNc1ccc(NC(=O)C(CC)CC)cn1. The van der Waals surface area contributed by atoms with Crippen molar-refractivity contribution in [2.24, 2.45) is 5.92 Å². The van der Waals surface area contributed by atoms with Gasteiger partial charge in [-0.2, -0.15) is 0 Å². The second-order valence-electron chi connectivity index (χ2n) is 3.97. The van der Waals surface area contributed by atoms with Crippen LogP contribution in [-0.2, 0) is 4.79 Å². The number of pyridine rings is 1. The zero-order chi connectivity index (χ0) is 12.7. The van der Waals surface area contributed by atoms with Crippen molar-refractivity contribution in [2.75, 3.05) is 17.2 Å². The number of hydrogen-bond acceptors (Lipinski definition) is 3. The van der Waals surface area contributed by atoms with Crippen LogP contribution in [0.2, 0.25) is 0 Å². The first kappa shape index (κ1) is 13.5. The van der Waals surface area contributed by atoms with E-state index in [4.69, 9.17) is 0 Å². The topological polar surface area (TPSA) is 54.0 Å². The van der Waals surface area contributed by atoms with Gasteiger partial charge >= 0.3 is 0 Å². The maximum Gasteiger partial charge on any atom is 0.227 e. The Bertz CT molecular complexity index is 344. The number of nitrogens with zero attached hydrogens (tertiary/aromatic N) is 1. The largest absolute Gasteiger partial charge is 0.370 e. The van der Waals surface area contributed by atoms with E-state index in [0.29, 0.717) is 0 Å². The fourth-order valence-corrected chi connectivity index (χ4v) is 1.66. The van der Waals surface area contributed by atoms with Gasteiger partial charge in [0.15, 0.2) is 0 Å². The van der Waals surface area contributed by atoms with Crippen LogP contribution in [0.25, 0.3) is 0 Å². The van der Waals surface area contributed by atoms with Crippen molar-refractivity contribution in [3.63, 3.8) is 0 Å². The first-order valence-corrected chi connectivity index (χ1v) is 6.22. The Hall–Kier alpha value is -1.58. The van der Waals surface area contributed by atoms with Gasteiger partial charge in [-0.25, -0.2) is 4.98 Å². The van der Waals surface area contributed by atoms with E-state index in [1.807, 2.05) is 32.9 Å². The van der Waals surface area contributed by atoms with E-state index in [1.54, 1.807) is 6.20 Å². The molecule has 0 aliphatic rings. The molecule has 0 saturated heterocycles. The summed E-state index contributed by atoms with van der Waals surface area (Å²) >= 11 is 0. The quantitative estimate of drug-likeness (QED) is 0.797. The van der Waals surface area contributed by atoms with E-state index >= 15 is 0 Å². The zero-order valence-electron chi connectivity index (χ0n) is 10.8. The summed E-state index contributed by atoms with van der Waals surface area (Å²) in [5, 5.41) is 5.99. The maximum atomic E-state index is 11.8. The van der Waals surface area contributed by atoms with E-state index in [2.05, 4.69) is 15.6 Å². The molecule has 0 aromatic carbocycles. The van der Waals surface area contributed by atoms with Crippen molar-refractivity contribution < 1.29 is 4.79 Å². The van der Waals surface area contributed by atoms with Crippen LogP contribution in [0.1, 0.15) is 33.6 Å². The number of rotatable bonds is 6. The molecule has 0 spiro atoms. The lowest BCUT2D eigenvalue weighted by molar-refractivity contribution is -0.120. The molecule has 4 heteroatoms. The molecule has 1 heterocycles. The normalized spacial score (nSPS) is 10.4. The second-order valence-corrected chi connectivity index (χ2v) is 3.97. The predicted molar refractivity (Wildman–Crippen MR) is 71.1 cm³/mol. The minimum Gasteiger partial charge on any atom is -0.370 e. The fraction of sp³-hybridized carbons (Fsp3) is 0.538. The molecule has 1 aromatic rings. The van der Waals surface area contributed by atoms with Gasteiger partial charge in [0.25, 0.3) is 0 Å². The van der Waals surface area contributed by atoms with Crippen LogP contribution in [0.5, 0.6) is 0 Å². The third kappa shape index (κ3) is 4.06. The summed E-state index contributed by atoms with van der Waals surface area (Å²) in [6.45, 7) is 6.91. The van der Waals surface area contributed by atoms with Gasteiger partial charge < -0.3 is 10.6 Å². The van der Waals surface area contributed by atoms with Gasteiger partial charge in [0.2, 0.25) is 5.91 Å². The summed E-state index contributed by atoms with van der Waals surface area (Å²) in [5.41, 5.74) is 0.753. The molecule has 0 aliphatic carbocycles. The van der Waals surface area contributed by atoms with Crippen molar-refractivity contribution in [1.29, 1.82) is 0 Å². The summed E-state index contributed by atoms with van der Waals surface area (Å²) in [6, 6.07) is 3.73. The Morgan fingerprint density at radius 1 is 1.29 bits per heavy atom. The molecule has 0 radical (unpaired) electrons. The van der Waals surface area contributed by atoms with Gasteiger partial charge in [0, 0.05) is 12.5 Å². The van der Waals surface area contributed by atoms with Crippen LogP contribution in [0.4, 0.5) is 11.5 Å². The van der Waals surface area contributed by atoms with E-state index in [1.165, 1.54) is 0 Å². The molecule has 0 atom stereocenters. The highest BCUT2D eigenvalue weighted by Crippen LogP contribution is 2.14. The molecule has 0 unspecified atom stereocenters. The van der Waals surface area contributed by atoms with Gasteiger partial charge in [-0.15, -0.1) is 0 Å². The molecule has 17 heavy (non-hydrogen) atoms. The molecule has 0 saturated carbocycles. The molecular formula is C13H21N3O. The van der Waals surface area contributed by atoms with Crippen LogP contribution in [0, 0.1) is 5.92 Å². The van der Waals surface area contributed by atoms with Gasteiger partial charge in [-0.05, 0) is 31.9 Å². The molecular weight excluding hydrogens is 214 g/mol. The third-order valence-corrected chi connectivity index (χ3v) is 2.75. The van der Waals surface area contributed by atoms with Crippen LogP contribution in [-0.4, -0.2) is 17.4 Å². The molecule has 0 bridgehead atoms. The molecule has 4 nitrogen and oxygen atoms in total. The highest BCUT2D eigenvalue weighted by molar-refractivity contribution is 5.92. The molecule has 0 fully saturated rings. The van der Waals surface area contributed by atoms with Crippen LogP contribution in [0.15, 0.2) is 18.3 Å². The number of anilines is 2. The average molecular weight is 235 g/mol. The fourth-order valence-electron chi connectivity index (χ4n) is 1.66. The van der Waals surface area contributed by atoms with Gasteiger partial charge in [-0.1, -0.05) is 13.8 Å². The smallest absolute Gasteiger partial charge is 0.227 e. The Morgan fingerprint density at radius 3 is 2.47 bits per heavy atom. The van der Waals surface area contributed by atoms with Gasteiger partial charge in [0.05, 0.1) is 11.9 Å². The summed E-state index contributed by atoms with van der Waals surface area (Å²) in [4.78, 5) is 16.0. The van der Waals surface area contributed by atoms with Gasteiger partial charge in [-0.3, -0.25) is 4.79 Å². The Labute approximate surface area is 103 Å². The maximum absolute atomic E-state index is 11.8. The first-order chi connectivity index (χ1) is 8.21. The number of nitrogens with one attached hydrogen (secondary N) is 2. The Kier molecular flexibility index (Phi) is 5.46. The molecule has 1 rings (SSSR count). The summed E-state index contributed by atoms with van der Waals surface area (Å²) < 4.78 is 0. The molecule has 1 aromatic heterocycles. The minimum absolute atomic E-state index is 0.0769. The van der Waals surface area contributed by atoms with Crippen LogP contribution >= 0.6 is 0 Å². The van der Waals surface area contributed by atoms with E-state index < -0.39 is 0 Å². The van der Waals surface area contributed by atoms with Crippen molar-refractivity contribution >= 4 is 17.4 Å². The monoisotopic (exact) mass is 235 g/mol. The number of carbonyl (C=O) groups is 1. The lowest BCUT2D eigenvalue weighted by Gasteiger charge is -2.12. The molecule has 0 aliphatic heterocycles. The van der Waals surface area contributed by atoms with E-state index in [0.717, 1.165) is 30.9 Å². The second kappa shape index (κ2) is 6.89. The Morgan fingerprint density at radius 2 is 2.00 bits per heavy atom. The third-order valence-electron chi connectivity index (χ3n) is 2.75. The number of carbonyl (C=O) groups excluding carboxylic acids is 1. The summed E-state index contributed by atoms with van der Waals surface area (Å²) in [7, 11) is 0. The first-order valence-electron chi connectivity index (χ1n) is 6.22. The number of amides is 1. The molecule has 94 valence electrons. The van der Waals surface area contributed by atoms with Crippen molar-refractivity contribution in [2.45, 2.75) is 33.6 Å². The number of aromatic nitrogens is 1.